The Morgan fingerprint density at radius 3 is 2.88 bits per heavy atom. The van der Waals surface area contributed by atoms with Gasteiger partial charge in [-0.05, 0) is 33.4 Å². The van der Waals surface area contributed by atoms with Crippen LogP contribution in [0.2, 0.25) is 0 Å². The van der Waals surface area contributed by atoms with E-state index < -0.39 is 0 Å². The number of nitrogen functional groups attached to an aromatic ring is 1. The summed E-state index contributed by atoms with van der Waals surface area (Å²) >= 11 is 0. The van der Waals surface area contributed by atoms with Crippen LogP contribution in [0, 0.1) is 6.92 Å². The van der Waals surface area contributed by atoms with Gasteiger partial charge in [-0.15, -0.1) is 0 Å². The number of piperidine rings is 1. The minimum absolute atomic E-state index is 0.516. The van der Waals surface area contributed by atoms with Gasteiger partial charge in [-0.1, -0.05) is 0 Å². The molecular weight excluding hydrogens is 214 g/mol. The van der Waals surface area contributed by atoms with E-state index in [2.05, 4.69) is 33.9 Å². The van der Waals surface area contributed by atoms with E-state index in [1.54, 1.807) is 0 Å². The predicted octanol–water partition coefficient (Wildman–Crippen LogP) is 0.898. The van der Waals surface area contributed by atoms with Crippen LogP contribution < -0.4 is 10.6 Å². The maximum Gasteiger partial charge on any atom is 0.134 e. The second-order valence-corrected chi connectivity index (χ2v) is 4.87. The van der Waals surface area contributed by atoms with Crippen molar-refractivity contribution in [2.24, 2.45) is 0 Å². The van der Waals surface area contributed by atoms with Crippen LogP contribution in [0.25, 0.3) is 0 Å². The van der Waals surface area contributed by atoms with Crippen molar-refractivity contribution in [3.05, 3.63) is 11.9 Å². The molecule has 0 aromatic carbocycles. The van der Waals surface area contributed by atoms with E-state index in [-0.39, 0.29) is 0 Å². The van der Waals surface area contributed by atoms with E-state index in [1.165, 1.54) is 19.4 Å². The van der Waals surface area contributed by atoms with Crippen molar-refractivity contribution in [3.8, 4) is 0 Å². The van der Waals surface area contributed by atoms with Gasteiger partial charge in [0.05, 0.1) is 0 Å². The molecule has 5 nitrogen and oxygen atoms in total. The molecule has 0 bridgehead atoms. The molecule has 0 saturated carbocycles. The van der Waals surface area contributed by atoms with Crippen LogP contribution in [-0.2, 0) is 0 Å². The van der Waals surface area contributed by atoms with Gasteiger partial charge in [0.15, 0.2) is 0 Å². The molecule has 0 amide bonds. The first-order valence-corrected chi connectivity index (χ1v) is 6.09. The minimum atomic E-state index is 0.516. The first-order chi connectivity index (χ1) is 8.06. The fourth-order valence-corrected chi connectivity index (χ4v) is 2.40. The Kier molecular flexibility index (Phi) is 3.47. The monoisotopic (exact) mass is 235 g/mol. The van der Waals surface area contributed by atoms with Crippen molar-refractivity contribution in [1.82, 2.24) is 14.9 Å². The van der Waals surface area contributed by atoms with Gasteiger partial charge in [0.2, 0.25) is 0 Å². The Balaban J connectivity index is 2.15. The summed E-state index contributed by atoms with van der Waals surface area (Å²) in [5.41, 5.74) is 5.77. The van der Waals surface area contributed by atoms with E-state index in [9.17, 15) is 0 Å². The molecule has 17 heavy (non-hydrogen) atoms. The van der Waals surface area contributed by atoms with Gasteiger partial charge in [-0.3, -0.25) is 0 Å². The third-order valence-corrected chi connectivity index (χ3v) is 3.35. The summed E-state index contributed by atoms with van der Waals surface area (Å²) in [5, 5.41) is 0. The number of likely N-dealkylation sites (tertiary alicyclic amines) is 1. The summed E-state index contributed by atoms with van der Waals surface area (Å²) in [7, 11) is 4.25. The lowest BCUT2D eigenvalue weighted by Crippen LogP contribution is -2.45. The van der Waals surface area contributed by atoms with Crippen molar-refractivity contribution in [2.75, 3.05) is 37.8 Å². The van der Waals surface area contributed by atoms with Gasteiger partial charge < -0.3 is 15.5 Å². The number of nitrogens with zero attached hydrogens (tertiary/aromatic N) is 4. The molecule has 0 radical (unpaired) electrons. The molecule has 0 spiro atoms. The highest BCUT2D eigenvalue weighted by Gasteiger charge is 2.22. The summed E-state index contributed by atoms with van der Waals surface area (Å²) in [4.78, 5) is 13.1. The molecule has 1 atom stereocenters. The average molecular weight is 235 g/mol. The highest BCUT2D eigenvalue weighted by molar-refractivity contribution is 5.47. The standard InChI is InChI=1S/C12H21N5/c1-9-14-11(13)7-12(15-9)17(3)10-5-4-6-16(2)8-10/h7,10H,4-6,8H2,1-3H3,(H2,13,14,15). The maximum atomic E-state index is 5.77. The molecule has 0 aliphatic carbocycles. The normalized spacial score (nSPS) is 21.5. The maximum absolute atomic E-state index is 5.77. The second-order valence-electron chi connectivity index (χ2n) is 4.87. The first kappa shape index (κ1) is 12.1. The van der Waals surface area contributed by atoms with Crippen molar-refractivity contribution in [2.45, 2.75) is 25.8 Å². The molecule has 1 unspecified atom stereocenters. The van der Waals surface area contributed by atoms with Crippen molar-refractivity contribution in [1.29, 1.82) is 0 Å². The van der Waals surface area contributed by atoms with Crippen molar-refractivity contribution >= 4 is 11.6 Å². The molecule has 1 saturated heterocycles. The van der Waals surface area contributed by atoms with Gasteiger partial charge in [0, 0.05) is 25.7 Å². The third-order valence-electron chi connectivity index (χ3n) is 3.35. The van der Waals surface area contributed by atoms with Gasteiger partial charge in [-0.25, -0.2) is 9.97 Å². The molecule has 1 aliphatic heterocycles. The summed E-state index contributed by atoms with van der Waals surface area (Å²) < 4.78 is 0. The Morgan fingerprint density at radius 1 is 1.47 bits per heavy atom. The molecule has 94 valence electrons. The Bertz CT molecular complexity index is 372. The Morgan fingerprint density at radius 2 is 2.24 bits per heavy atom. The van der Waals surface area contributed by atoms with Gasteiger partial charge in [0.25, 0.3) is 0 Å². The molecular formula is C12H21N5. The van der Waals surface area contributed by atoms with E-state index >= 15 is 0 Å². The van der Waals surface area contributed by atoms with Crippen LogP contribution in [0.15, 0.2) is 6.07 Å². The van der Waals surface area contributed by atoms with Gasteiger partial charge in [-0.2, -0.15) is 0 Å². The lowest BCUT2D eigenvalue weighted by molar-refractivity contribution is 0.247. The van der Waals surface area contributed by atoms with E-state index in [0.29, 0.717) is 11.9 Å². The summed E-state index contributed by atoms with van der Waals surface area (Å²) in [5.74, 6) is 2.20. The number of hydrogen-bond donors (Lipinski definition) is 1. The number of aryl methyl sites for hydroxylation is 1. The molecule has 2 N–H and O–H groups in total. The molecule has 1 aliphatic rings. The Labute approximate surface area is 103 Å². The molecule has 1 aromatic rings. The number of aromatic nitrogens is 2. The number of anilines is 2. The van der Waals surface area contributed by atoms with E-state index in [1.807, 2.05) is 13.0 Å². The molecule has 1 fully saturated rings. The summed E-state index contributed by atoms with van der Waals surface area (Å²) in [6, 6.07) is 2.36. The molecule has 5 heteroatoms. The lowest BCUT2D eigenvalue weighted by Gasteiger charge is -2.36. The fourth-order valence-electron chi connectivity index (χ4n) is 2.40. The van der Waals surface area contributed by atoms with Crippen LogP contribution in [0.5, 0.6) is 0 Å². The van der Waals surface area contributed by atoms with Crippen molar-refractivity contribution in [3.63, 3.8) is 0 Å². The van der Waals surface area contributed by atoms with E-state index in [4.69, 9.17) is 5.73 Å². The number of hydrogen-bond acceptors (Lipinski definition) is 5. The van der Waals surface area contributed by atoms with Gasteiger partial charge in [0.1, 0.15) is 17.5 Å². The molecule has 1 aromatic heterocycles. The van der Waals surface area contributed by atoms with Crippen LogP contribution in [0.1, 0.15) is 18.7 Å². The highest BCUT2D eigenvalue weighted by Crippen LogP contribution is 2.20. The number of rotatable bonds is 2. The zero-order valence-electron chi connectivity index (χ0n) is 10.8. The lowest BCUT2D eigenvalue weighted by atomic mass is 10.1. The molecule has 2 rings (SSSR count). The zero-order chi connectivity index (χ0) is 12.4. The second kappa shape index (κ2) is 4.87. The number of nitrogens with two attached hydrogens (primary N) is 1. The topological polar surface area (TPSA) is 58.3 Å². The minimum Gasteiger partial charge on any atom is -0.384 e. The smallest absolute Gasteiger partial charge is 0.134 e. The van der Waals surface area contributed by atoms with Crippen LogP contribution >= 0.6 is 0 Å². The summed E-state index contributed by atoms with van der Waals surface area (Å²) in [6.45, 7) is 4.15. The largest absolute Gasteiger partial charge is 0.384 e. The van der Waals surface area contributed by atoms with E-state index in [0.717, 1.165) is 18.2 Å². The Hall–Kier alpha value is -1.36. The highest BCUT2D eigenvalue weighted by atomic mass is 15.2. The van der Waals surface area contributed by atoms with Crippen LogP contribution in [0.4, 0.5) is 11.6 Å². The summed E-state index contributed by atoms with van der Waals surface area (Å²) in [6.07, 6.45) is 2.45. The van der Waals surface area contributed by atoms with Gasteiger partial charge >= 0.3 is 0 Å². The number of likely N-dealkylation sites (N-methyl/N-ethyl adjacent to an activating group) is 2. The van der Waals surface area contributed by atoms with Crippen molar-refractivity contribution < 1.29 is 0 Å². The average Bonchev–Trinajstić information content (AvgIpc) is 2.26. The van der Waals surface area contributed by atoms with Crippen LogP contribution in [-0.4, -0.2) is 48.1 Å². The SMILES string of the molecule is Cc1nc(N)cc(N(C)C2CCCN(C)C2)n1. The predicted molar refractivity (Wildman–Crippen MR) is 70.1 cm³/mol. The third kappa shape index (κ3) is 2.85. The van der Waals surface area contributed by atoms with Crippen LogP contribution in [0.3, 0.4) is 0 Å². The quantitative estimate of drug-likeness (QED) is 0.825. The molecule has 2 heterocycles. The fraction of sp³-hybridized carbons (Fsp3) is 0.667. The zero-order valence-corrected chi connectivity index (χ0v) is 10.8. The first-order valence-electron chi connectivity index (χ1n) is 6.09.